The molecule has 23 heavy (non-hydrogen) atoms. The lowest BCUT2D eigenvalue weighted by atomic mass is 10.1. The van der Waals surface area contributed by atoms with Gasteiger partial charge in [-0.3, -0.25) is 9.59 Å². The first-order valence-corrected chi connectivity index (χ1v) is 7.79. The molecule has 1 heterocycles. The number of carbonyl (C=O) groups excluding carboxylic acids is 2. The van der Waals surface area contributed by atoms with E-state index in [2.05, 4.69) is 0 Å². The van der Waals surface area contributed by atoms with Crippen LogP contribution in [0, 0.1) is 5.92 Å². The Morgan fingerprint density at radius 2 is 1.83 bits per heavy atom. The van der Waals surface area contributed by atoms with Crippen LogP contribution in [0.25, 0.3) is 0 Å². The second-order valence-corrected chi connectivity index (χ2v) is 5.91. The van der Waals surface area contributed by atoms with E-state index in [9.17, 15) is 9.59 Å². The van der Waals surface area contributed by atoms with Crippen molar-refractivity contribution in [2.45, 2.75) is 13.0 Å². The lowest BCUT2D eigenvalue weighted by molar-refractivity contribution is -0.139. The van der Waals surface area contributed by atoms with Crippen LogP contribution >= 0.6 is 11.6 Å². The number of ether oxygens (including phenoxy) is 1. The fourth-order valence-corrected chi connectivity index (χ4v) is 2.80. The topological polar surface area (TPSA) is 46.6 Å². The van der Waals surface area contributed by atoms with Crippen LogP contribution in [-0.4, -0.2) is 23.3 Å². The molecular weight excluding hydrogens is 314 g/mol. The van der Waals surface area contributed by atoms with E-state index < -0.39 is 5.92 Å². The van der Waals surface area contributed by atoms with Crippen molar-refractivity contribution in [3.63, 3.8) is 0 Å². The summed E-state index contributed by atoms with van der Waals surface area (Å²) in [6.07, 6.45) is 0.177. The van der Waals surface area contributed by atoms with E-state index in [0.29, 0.717) is 23.9 Å². The smallest absolute Gasteiger partial charge is 0.316 e. The van der Waals surface area contributed by atoms with Crippen molar-refractivity contribution in [2.75, 3.05) is 6.54 Å². The molecule has 1 aliphatic heterocycles. The predicted molar refractivity (Wildman–Crippen MR) is 87.1 cm³/mol. The van der Waals surface area contributed by atoms with Gasteiger partial charge in [-0.25, -0.2) is 0 Å². The van der Waals surface area contributed by atoms with Gasteiger partial charge >= 0.3 is 5.97 Å². The minimum Gasteiger partial charge on any atom is -0.426 e. The van der Waals surface area contributed by atoms with Crippen LogP contribution in [0.5, 0.6) is 5.75 Å². The Hall–Kier alpha value is -2.33. The number of halogens is 1. The normalized spacial score (nSPS) is 17.3. The molecule has 1 aliphatic rings. The van der Waals surface area contributed by atoms with Gasteiger partial charge in [0.2, 0.25) is 5.91 Å². The maximum atomic E-state index is 12.2. The SMILES string of the molecule is O=C(Oc1ccccc1)[C@H]1CC(=O)N(Cc2ccccc2Cl)C1. The molecule has 4 nitrogen and oxygen atoms in total. The molecule has 2 aromatic carbocycles. The Morgan fingerprint density at radius 3 is 2.57 bits per heavy atom. The van der Waals surface area contributed by atoms with E-state index in [1.807, 2.05) is 24.3 Å². The summed E-state index contributed by atoms with van der Waals surface area (Å²) >= 11 is 6.13. The summed E-state index contributed by atoms with van der Waals surface area (Å²) in [6.45, 7) is 0.767. The van der Waals surface area contributed by atoms with Gasteiger partial charge in [0.05, 0.1) is 5.92 Å². The molecule has 1 amide bonds. The number of rotatable bonds is 4. The molecule has 0 unspecified atom stereocenters. The Balaban J connectivity index is 1.63. The van der Waals surface area contributed by atoms with Crippen LogP contribution < -0.4 is 4.74 Å². The molecule has 3 rings (SSSR count). The van der Waals surface area contributed by atoms with E-state index in [1.54, 1.807) is 35.2 Å². The number of amides is 1. The zero-order chi connectivity index (χ0) is 16.2. The molecule has 1 fully saturated rings. The largest absolute Gasteiger partial charge is 0.426 e. The first-order chi connectivity index (χ1) is 11.1. The molecule has 2 aromatic rings. The number of esters is 1. The second kappa shape index (κ2) is 6.84. The molecule has 0 bridgehead atoms. The number of benzene rings is 2. The maximum absolute atomic E-state index is 12.2. The quantitative estimate of drug-likeness (QED) is 0.638. The molecule has 0 saturated carbocycles. The van der Waals surface area contributed by atoms with Gasteiger partial charge in [-0.2, -0.15) is 0 Å². The minimum atomic E-state index is -0.440. The van der Waals surface area contributed by atoms with Crippen molar-refractivity contribution in [3.05, 3.63) is 65.2 Å². The standard InChI is InChI=1S/C18H16ClNO3/c19-16-9-5-4-6-13(16)11-20-12-14(10-17(20)21)18(22)23-15-7-2-1-3-8-15/h1-9,14H,10-12H2/t14-/m0/s1. The third-order valence-corrected chi connectivity index (χ3v) is 4.20. The van der Waals surface area contributed by atoms with Crippen molar-refractivity contribution in [1.29, 1.82) is 0 Å². The monoisotopic (exact) mass is 329 g/mol. The van der Waals surface area contributed by atoms with Crippen molar-refractivity contribution < 1.29 is 14.3 Å². The van der Waals surface area contributed by atoms with Gasteiger partial charge in [-0.05, 0) is 23.8 Å². The van der Waals surface area contributed by atoms with Gasteiger partial charge in [-0.1, -0.05) is 48.0 Å². The molecule has 0 radical (unpaired) electrons. The summed E-state index contributed by atoms with van der Waals surface area (Å²) in [5.74, 6) is -0.370. The fourth-order valence-electron chi connectivity index (χ4n) is 2.60. The molecule has 118 valence electrons. The van der Waals surface area contributed by atoms with Crippen LogP contribution in [0.15, 0.2) is 54.6 Å². The first-order valence-electron chi connectivity index (χ1n) is 7.41. The van der Waals surface area contributed by atoms with E-state index in [-0.39, 0.29) is 18.3 Å². The number of carbonyl (C=O) groups is 2. The molecule has 0 aliphatic carbocycles. The molecule has 0 aromatic heterocycles. The molecule has 1 atom stereocenters. The van der Waals surface area contributed by atoms with Crippen LogP contribution in [-0.2, 0) is 16.1 Å². The highest BCUT2D eigenvalue weighted by Gasteiger charge is 2.35. The summed E-state index contributed by atoms with van der Waals surface area (Å²) in [4.78, 5) is 26.0. The van der Waals surface area contributed by atoms with Gasteiger partial charge < -0.3 is 9.64 Å². The molecule has 0 spiro atoms. The summed E-state index contributed by atoms with van der Waals surface area (Å²) < 4.78 is 5.33. The Morgan fingerprint density at radius 1 is 1.13 bits per heavy atom. The predicted octanol–water partition coefficient (Wildman–Crippen LogP) is 3.29. The van der Waals surface area contributed by atoms with Crippen LogP contribution in [0.1, 0.15) is 12.0 Å². The van der Waals surface area contributed by atoms with E-state index >= 15 is 0 Å². The van der Waals surface area contributed by atoms with Gasteiger partial charge in [0.15, 0.2) is 0 Å². The number of hydrogen-bond donors (Lipinski definition) is 0. The van der Waals surface area contributed by atoms with Gasteiger partial charge in [0.1, 0.15) is 5.75 Å². The van der Waals surface area contributed by atoms with E-state index in [1.165, 1.54) is 0 Å². The summed E-state index contributed by atoms with van der Waals surface area (Å²) in [5, 5.41) is 0.621. The first kappa shape index (κ1) is 15.6. The third-order valence-electron chi connectivity index (χ3n) is 3.83. The zero-order valence-corrected chi connectivity index (χ0v) is 13.2. The summed E-state index contributed by atoms with van der Waals surface area (Å²) in [5.41, 5.74) is 0.875. The van der Waals surface area contributed by atoms with E-state index in [0.717, 1.165) is 5.56 Å². The van der Waals surface area contributed by atoms with Crippen LogP contribution in [0.2, 0.25) is 5.02 Å². The zero-order valence-electron chi connectivity index (χ0n) is 12.4. The van der Waals surface area contributed by atoms with Crippen molar-refractivity contribution >= 4 is 23.5 Å². The summed E-state index contributed by atoms with van der Waals surface area (Å²) in [7, 11) is 0. The van der Waals surface area contributed by atoms with Gasteiger partial charge in [-0.15, -0.1) is 0 Å². The lowest BCUT2D eigenvalue weighted by Crippen LogP contribution is -2.27. The average molecular weight is 330 g/mol. The van der Waals surface area contributed by atoms with Crippen LogP contribution in [0.4, 0.5) is 0 Å². The molecular formula is C18H16ClNO3. The maximum Gasteiger partial charge on any atom is 0.316 e. The number of hydrogen-bond acceptors (Lipinski definition) is 3. The average Bonchev–Trinajstić information content (AvgIpc) is 2.92. The summed E-state index contributed by atoms with van der Waals surface area (Å²) in [6, 6.07) is 16.3. The molecule has 0 N–H and O–H groups in total. The minimum absolute atomic E-state index is 0.0556. The van der Waals surface area contributed by atoms with Crippen LogP contribution in [0.3, 0.4) is 0 Å². The Kier molecular flexibility index (Phi) is 4.63. The van der Waals surface area contributed by atoms with Gasteiger partial charge in [0.25, 0.3) is 0 Å². The lowest BCUT2D eigenvalue weighted by Gasteiger charge is -2.17. The highest BCUT2D eigenvalue weighted by atomic mass is 35.5. The second-order valence-electron chi connectivity index (χ2n) is 5.50. The van der Waals surface area contributed by atoms with Gasteiger partial charge in [0, 0.05) is 24.5 Å². The molecule has 5 heteroatoms. The Bertz CT molecular complexity index is 717. The number of para-hydroxylation sites is 1. The Labute approximate surface area is 139 Å². The third kappa shape index (κ3) is 3.71. The highest BCUT2D eigenvalue weighted by molar-refractivity contribution is 6.31. The van der Waals surface area contributed by atoms with Crippen molar-refractivity contribution in [3.8, 4) is 5.75 Å². The number of likely N-dealkylation sites (tertiary alicyclic amines) is 1. The van der Waals surface area contributed by atoms with Crippen molar-refractivity contribution in [1.82, 2.24) is 4.90 Å². The molecule has 1 saturated heterocycles. The van der Waals surface area contributed by atoms with E-state index in [4.69, 9.17) is 16.3 Å². The highest BCUT2D eigenvalue weighted by Crippen LogP contribution is 2.25. The van der Waals surface area contributed by atoms with Crippen molar-refractivity contribution in [2.24, 2.45) is 5.92 Å². The fraction of sp³-hybridized carbons (Fsp3) is 0.222. The number of nitrogens with zero attached hydrogens (tertiary/aromatic N) is 1.